The molecule has 30 heavy (non-hydrogen) atoms. The van der Waals surface area contributed by atoms with E-state index in [1.54, 1.807) is 24.3 Å². The van der Waals surface area contributed by atoms with Crippen LogP contribution in [-0.4, -0.2) is 27.4 Å². The minimum atomic E-state index is -0.693. The second kappa shape index (κ2) is 7.36. The van der Waals surface area contributed by atoms with E-state index in [9.17, 15) is 9.59 Å². The lowest BCUT2D eigenvalue weighted by atomic mass is 10.1. The van der Waals surface area contributed by atoms with Crippen LogP contribution in [0, 0.1) is 0 Å². The number of aromatic nitrogens is 2. The first-order valence-corrected chi connectivity index (χ1v) is 9.58. The third kappa shape index (κ3) is 3.37. The number of hydrogen-bond donors (Lipinski definition) is 2. The fraction of sp³-hybridized carbons (Fsp3) is 0.0870. The van der Waals surface area contributed by atoms with Crippen LogP contribution < -0.4 is 15.4 Å². The van der Waals surface area contributed by atoms with Gasteiger partial charge in [-0.1, -0.05) is 30.3 Å². The van der Waals surface area contributed by atoms with Crippen LogP contribution in [0.3, 0.4) is 0 Å². The molecule has 1 aliphatic heterocycles. The Hall–Kier alpha value is -4.13. The van der Waals surface area contributed by atoms with Crippen LogP contribution in [0.5, 0.6) is 11.5 Å². The third-order valence-corrected chi connectivity index (χ3v) is 4.91. The normalized spacial score (nSPS) is 15.3. The molecule has 0 saturated heterocycles. The molecule has 2 heterocycles. The summed E-state index contributed by atoms with van der Waals surface area (Å²) in [5.41, 5.74) is 2.06. The van der Waals surface area contributed by atoms with Crippen molar-refractivity contribution in [2.75, 3.05) is 10.6 Å². The number of para-hydroxylation sites is 3. The van der Waals surface area contributed by atoms with Crippen LogP contribution in [0.4, 0.5) is 11.6 Å². The van der Waals surface area contributed by atoms with Gasteiger partial charge in [0, 0.05) is 5.69 Å². The van der Waals surface area contributed by atoms with E-state index in [1.807, 2.05) is 54.6 Å². The molecule has 1 atom stereocenters. The molecule has 4 aromatic rings. The maximum Gasteiger partial charge on any atom is 0.247 e. The molecule has 7 heteroatoms. The maximum absolute atomic E-state index is 12.7. The Balaban J connectivity index is 1.28. The number of carbonyl (C=O) groups is 2. The van der Waals surface area contributed by atoms with Gasteiger partial charge in [0.2, 0.25) is 17.8 Å². The van der Waals surface area contributed by atoms with Crippen LogP contribution in [0.25, 0.3) is 11.0 Å². The van der Waals surface area contributed by atoms with Crippen LogP contribution in [-0.2, 0) is 4.79 Å². The Morgan fingerprint density at radius 3 is 2.47 bits per heavy atom. The quantitative estimate of drug-likeness (QED) is 0.536. The van der Waals surface area contributed by atoms with Crippen LogP contribution in [0.1, 0.15) is 11.2 Å². The summed E-state index contributed by atoms with van der Waals surface area (Å²) in [5.74, 6) is 1.34. The molecule has 0 fully saturated rings. The van der Waals surface area contributed by atoms with Crippen molar-refractivity contribution in [3.63, 3.8) is 0 Å². The van der Waals surface area contributed by atoms with Gasteiger partial charge in [0.05, 0.1) is 17.5 Å². The Kier molecular flexibility index (Phi) is 4.40. The first-order valence-electron chi connectivity index (χ1n) is 9.58. The standard InChI is InChI=1S/C23H18N4O3/c28-21-14-19(26-23-25-18-8-4-5-9-20(18)27(21)23)22(29)24-15-10-12-17(13-11-15)30-16-6-2-1-3-7-16/h1-13,19H,14H2,(H,24,29)(H,25,26)/t19-/m0/s1. The average Bonchev–Trinajstić information content (AvgIpc) is 3.15. The van der Waals surface area contributed by atoms with Crippen molar-refractivity contribution >= 4 is 34.5 Å². The van der Waals surface area contributed by atoms with Gasteiger partial charge in [-0.3, -0.25) is 9.59 Å². The van der Waals surface area contributed by atoms with E-state index < -0.39 is 6.04 Å². The van der Waals surface area contributed by atoms with E-state index >= 15 is 0 Å². The molecule has 0 aliphatic carbocycles. The molecule has 1 amide bonds. The second-order valence-corrected chi connectivity index (χ2v) is 6.98. The summed E-state index contributed by atoms with van der Waals surface area (Å²) >= 11 is 0. The van der Waals surface area contributed by atoms with Crippen molar-refractivity contribution in [1.29, 1.82) is 0 Å². The Bertz CT molecular complexity index is 1230. The van der Waals surface area contributed by atoms with Gasteiger partial charge in [-0.2, -0.15) is 0 Å². The highest BCUT2D eigenvalue weighted by molar-refractivity contribution is 6.04. The van der Waals surface area contributed by atoms with E-state index in [4.69, 9.17) is 4.74 Å². The zero-order chi connectivity index (χ0) is 20.5. The molecule has 3 aromatic carbocycles. The lowest BCUT2D eigenvalue weighted by molar-refractivity contribution is -0.117. The fourth-order valence-electron chi connectivity index (χ4n) is 3.47. The Labute approximate surface area is 172 Å². The molecule has 148 valence electrons. The maximum atomic E-state index is 12.7. The van der Waals surface area contributed by atoms with Gasteiger partial charge >= 0.3 is 0 Å². The fourth-order valence-corrected chi connectivity index (χ4v) is 3.47. The van der Waals surface area contributed by atoms with Crippen LogP contribution >= 0.6 is 0 Å². The molecule has 5 rings (SSSR count). The zero-order valence-corrected chi connectivity index (χ0v) is 15.9. The molecule has 0 spiro atoms. The number of nitrogens with zero attached hydrogens (tertiary/aromatic N) is 2. The number of carbonyl (C=O) groups excluding carboxylic acids is 2. The number of anilines is 2. The smallest absolute Gasteiger partial charge is 0.247 e. The van der Waals surface area contributed by atoms with E-state index in [0.717, 1.165) is 11.3 Å². The average molecular weight is 398 g/mol. The lowest BCUT2D eigenvalue weighted by Gasteiger charge is -2.23. The number of rotatable bonds is 4. The minimum Gasteiger partial charge on any atom is -0.457 e. The van der Waals surface area contributed by atoms with Gasteiger partial charge < -0.3 is 15.4 Å². The topological polar surface area (TPSA) is 85.2 Å². The summed E-state index contributed by atoms with van der Waals surface area (Å²) in [6, 6.07) is 23.2. The Morgan fingerprint density at radius 1 is 0.967 bits per heavy atom. The van der Waals surface area contributed by atoms with Gasteiger partial charge in [-0.25, -0.2) is 9.55 Å². The highest BCUT2D eigenvalue weighted by Crippen LogP contribution is 2.26. The van der Waals surface area contributed by atoms with Crippen molar-refractivity contribution < 1.29 is 14.3 Å². The van der Waals surface area contributed by atoms with E-state index in [2.05, 4.69) is 15.6 Å². The zero-order valence-electron chi connectivity index (χ0n) is 15.9. The molecule has 1 aromatic heterocycles. The van der Waals surface area contributed by atoms with Crippen molar-refractivity contribution in [2.45, 2.75) is 12.5 Å². The molecule has 1 aliphatic rings. The van der Waals surface area contributed by atoms with Crippen molar-refractivity contribution in [3.8, 4) is 11.5 Å². The SMILES string of the molecule is O=C(Nc1ccc(Oc2ccccc2)cc1)[C@@H]1CC(=O)n2c(nc3ccccc32)N1. The minimum absolute atomic E-state index is 0.0500. The predicted octanol–water partition coefficient (Wildman–Crippen LogP) is 4.29. The van der Waals surface area contributed by atoms with Crippen LogP contribution in [0.2, 0.25) is 0 Å². The summed E-state index contributed by atoms with van der Waals surface area (Å²) in [7, 11) is 0. The molecule has 0 bridgehead atoms. The molecule has 0 saturated carbocycles. The summed E-state index contributed by atoms with van der Waals surface area (Å²) < 4.78 is 7.28. The summed E-state index contributed by atoms with van der Waals surface area (Å²) in [5, 5.41) is 5.92. The first-order chi connectivity index (χ1) is 14.7. The number of nitrogens with one attached hydrogen (secondary N) is 2. The summed E-state index contributed by atoms with van der Waals surface area (Å²) in [4.78, 5) is 29.8. The second-order valence-electron chi connectivity index (χ2n) is 6.98. The molecule has 0 radical (unpaired) electrons. The van der Waals surface area contributed by atoms with Gasteiger partial charge in [-0.05, 0) is 48.5 Å². The van der Waals surface area contributed by atoms with Gasteiger partial charge in [-0.15, -0.1) is 0 Å². The number of benzene rings is 3. The molecule has 7 nitrogen and oxygen atoms in total. The lowest BCUT2D eigenvalue weighted by Crippen LogP contribution is -2.42. The van der Waals surface area contributed by atoms with Gasteiger partial charge in [0.15, 0.2) is 0 Å². The van der Waals surface area contributed by atoms with Gasteiger partial charge in [0.25, 0.3) is 0 Å². The van der Waals surface area contributed by atoms with Crippen molar-refractivity contribution in [1.82, 2.24) is 9.55 Å². The number of hydrogen-bond acceptors (Lipinski definition) is 5. The molecular formula is C23H18N4O3. The number of amides is 1. The van der Waals surface area contributed by atoms with E-state index in [0.29, 0.717) is 22.9 Å². The summed E-state index contributed by atoms with van der Waals surface area (Å²) in [6.45, 7) is 0. The summed E-state index contributed by atoms with van der Waals surface area (Å²) in [6.07, 6.45) is 0.0500. The van der Waals surface area contributed by atoms with Crippen molar-refractivity contribution in [2.24, 2.45) is 0 Å². The number of fused-ring (bicyclic) bond motifs is 3. The first kappa shape index (κ1) is 17.9. The largest absolute Gasteiger partial charge is 0.457 e. The van der Waals surface area contributed by atoms with E-state index in [-0.39, 0.29) is 18.2 Å². The molecule has 0 unspecified atom stereocenters. The van der Waals surface area contributed by atoms with Gasteiger partial charge in [0.1, 0.15) is 17.5 Å². The predicted molar refractivity (Wildman–Crippen MR) is 114 cm³/mol. The van der Waals surface area contributed by atoms with Crippen molar-refractivity contribution in [3.05, 3.63) is 78.9 Å². The molecular weight excluding hydrogens is 380 g/mol. The highest BCUT2D eigenvalue weighted by atomic mass is 16.5. The number of ether oxygens (including phenoxy) is 1. The van der Waals surface area contributed by atoms with E-state index in [1.165, 1.54) is 4.57 Å². The Morgan fingerprint density at radius 2 is 1.67 bits per heavy atom. The number of imidazole rings is 1. The highest BCUT2D eigenvalue weighted by Gasteiger charge is 2.31. The monoisotopic (exact) mass is 398 g/mol. The molecule has 2 N–H and O–H groups in total. The van der Waals surface area contributed by atoms with Crippen LogP contribution in [0.15, 0.2) is 78.9 Å². The third-order valence-electron chi connectivity index (χ3n) is 4.91.